The highest BCUT2D eigenvalue weighted by molar-refractivity contribution is 5.78. The lowest BCUT2D eigenvalue weighted by atomic mass is 9.91. The molecule has 5 nitrogen and oxygen atoms in total. The van der Waals surface area contributed by atoms with E-state index in [0.717, 1.165) is 29.0 Å². The molecule has 4 heterocycles. The quantitative estimate of drug-likeness (QED) is 0.216. The van der Waals surface area contributed by atoms with E-state index in [1.54, 1.807) is 0 Å². The molecule has 0 unspecified atom stereocenters. The van der Waals surface area contributed by atoms with Crippen molar-refractivity contribution in [3.05, 3.63) is 113 Å². The number of benzene rings is 1. The second-order valence-electron chi connectivity index (χ2n) is 11.0. The van der Waals surface area contributed by atoms with Crippen molar-refractivity contribution in [2.75, 3.05) is 4.90 Å². The highest BCUT2D eigenvalue weighted by Crippen LogP contribution is 2.42. The van der Waals surface area contributed by atoms with E-state index in [-0.39, 0.29) is 0 Å². The normalized spacial score (nSPS) is 11.5. The second-order valence-corrected chi connectivity index (χ2v) is 11.0. The minimum atomic E-state index is 0.330. The molecule has 0 radical (unpaired) electrons. The molecular formula is C34H39N5. The maximum Gasteiger partial charge on any atom is 0.141 e. The Labute approximate surface area is 232 Å². The Morgan fingerprint density at radius 2 is 0.974 bits per heavy atom. The van der Waals surface area contributed by atoms with Crippen LogP contribution in [0.1, 0.15) is 73.2 Å². The Bertz CT molecular complexity index is 1500. The summed E-state index contributed by atoms with van der Waals surface area (Å²) in [5.41, 5.74) is 8.60. The number of hydrogen-bond donors (Lipinski definition) is 0. The zero-order valence-corrected chi connectivity index (χ0v) is 24.4. The third-order valence-electron chi connectivity index (χ3n) is 7.77. The average Bonchev–Trinajstić information content (AvgIpc) is 3.44. The fourth-order valence-corrected chi connectivity index (χ4v) is 5.17. The van der Waals surface area contributed by atoms with Crippen LogP contribution >= 0.6 is 0 Å². The molecule has 200 valence electrons. The highest BCUT2D eigenvalue weighted by Gasteiger charge is 2.25. The number of nitrogens with zero attached hydrogens (tertiary/aromatic N) is 5. The summed E-state index contributed by atoms with van der Waals surface area (Å²) in [5, 5.41) is 0. The van der Waals surface area contributed by atoms with Gasteiger partial charge in [0.2, 0.25) is 0 Å². The Kier molecular flexibility index (Phi) is 7.17. The van der Waals surface area contributed by atoms with Gasteiger partial charge in [-0.05, 0) is 98.2 Å². The monoisotopic (exact) mass is 517 g/mol. The van der Waals surface area contributed by atoms with Crippen molar-refractivity contribution in [2.24, 2.45) is 0 Å². The Morgan fingerprint density at radius 1 is 0.564 bits per heavy atom. The van der Waals surface area contributed by atoms with E-state index < -0.39 is 0 Å². The van der Waals surface area contributed by atoms with Gasteiger partial charge >= 0.3 is 0 Å². The van der Waals surface area contributed by atoms with Crippen molar-refractivity contribution >= 4 is 17.3 Å². The third-order valence-corrected chi connectivity index (χ3v) is 7.77. The summed E-state index contributed by atoms with van der Waals surface area (Å²) < 4.78 is 4.31. The van der Waals surface area contributed by atoms with E-state index >= 15 is 0 Å². The van der Waals surface area contributed by atoms with Crippen molar-refractivity contribution in [3.63, 3.8) is 0 Å². The number of aryl methyl sites for hydroxylation is 2. The van der Waals surface area contributed by atoms with E-state index in [1.807, 2.05) is 0 Å². The largest absolute Gasteiger partial charge is 0.306 e. The lowest BCUT2D eigenvalue weighted by Crippen LogP contribution is -2.19. The first-order valence-electron chi connectivity index (χ1n) is 13.8. The van der Waals surface area contributed by atoms with Crippen molar-refractivity contribution in [3.8, 4) is 11.6 Å². The topological polar surface area (TPSA) is 38.9 Å². The van der Waals surface area contributed by atoms with Gasteiger partial charge < -0.3 is 9.13 Å². The van der Waals surface area contributed by atoms with Crippen LogP contribution in [0, 0.1) is 27.7 Å². The van der Waals surface area contributed by atoms with Crippen LogP contribution in [0.5, 0.6) is 0 Å². The van der Waals surface area contributed by atoms with Crippen LogP contribution in [0.2, 0.25) is 0 Å². The molecule has 0 aliphatic carbocycles. The van der Waals surface area contributed by atoms with Crippen molar-refractivity contribution in [1.29, 1.82) is 0 Å². The van der Waals surface area contributed by atoms with Gasteiger partial charge in [-0.1, -0.05) is 58.0 Å². The van der Waals surface area contributed by atoms with Crippen molar-refractivity contribution in [2.45, 2.75) is 67.2 Å². The van der Waals surface area contributed by atoms with Gasteiger partial charge in [0.25, 0.3) is 0 Å². The second kappa shape index (κ2) is 10.6. The Balaban J connectivity index is 1.78. The number of anilines is 3. The van der Waals surface area contributed by atoms with Crippen LogP contribution < -0.4 is 4.90 Å². The molecule has 0 aliphatic rings. The van der Waals surface area contributed by atoms with Gasteiger partial charge in [-0.3, -0.25) is 4.90 Å². The van der Waals surface area contributed by atoms with Crippen molar-refractivity contribution in [1.82, 2.24) is 19.1 Å². The molecule has 0 N–H and O–H groups in total. The van der Waals surface area contributed by atoms with Gasteiger partial charge in [0.1, 0.15) is 23.3 Å². The van der Waals surface area contributed by atoms with E-state index in [0.29, 0.717) is 11.8 Å². The third kappa shape index (κ3) is 4.89. The summed E-state index contributed by atoms with van der Waals surface area (Å²) in [6, 6.07) is 23.5. The summed E-state index contributed by atoms with van der Waals surface area (Å²) in [6.45, 7) is 17.6. The lowest BCUT2D eigenvalue weighted by molar-refractivity contribution is 0.827. The van der Waals surface area contributed by atoms with Gasteiger partial charge in [-0.2, -0.15) is 0 Å². The molecule has 0 atom stereocenters. The van der Waals surface area contributed by atoms with Crippen LogP contribution in [0.3, 0.4) is 0 Å². The number of rotatable bonds is 7. The first-order valence-corrected chi connectivity index (χ1v) is 13.8. The maximum absolute atomic E-state index is 5.24. The van der Waals surface area contributed by atoms with E-state index in [1.165, 1.54) is 33.6 Å². The first kappa shape index (κ1) is 26.5. The highest BCUT2D eigenvalue weighted by atomic mass is 15.3. The number of aromatic nitrogens is 4. The van der Waals surface area contributed by atoms with Gasteiger partial charge in [-0.15, -0.1) is 0 Å². The zero-order chi connectivity index (χ0) is 27.8. The molecule has 0 amide bonds. The van der Waals surface area contributed by atoms with Crippen LogP contribution in [-0.4, -0.2) is 19.1 Å². The fourth-order valence-electron chi connectivity index (χ4n) is 5.17. The van der Waals surface area contributed by atoms with Crippen LogP contribution in [0.25, 0.3) is 11.6 Å². The molecule has 5 aromatic rings. The van der Waals surface area contributed by atoms with Gasteiger partial charge in [-0.25, -0.2) is 9.97 Å². The summed E-state index contributed by atoms with van der Waals surface area (Å²) in [7, 11) is 0. The van der Waals surface area contributed by atoms with Crippen LogP contribution in [0.4, 0.5) is 17.3 Å². The maximum atomic E-state index is 5.24. The minimum Gasteiger partial charge on any atom is -0.306 e. The molecule has 4 aromatic heterocycles. The molecule has 5 heteroatoms. The lowest BCUT2D eigenvalue weighted by Gasteiger charge is -2.31. The van der Waals surface area contributed by atoms with Crippen LogP contribution in [-0.2, 0) is 0 Å². The Hall–Kier alpha value is -4.12. The summed E-state index contributed by atoms with van der Waals surface area (Å²) in [6.07, 6.45) is 4.19. The molecule has 0 saturated carbocycles. The Morgan fingerprint density at radius 3 is 1.33 bits per heavy atom. The van der Waals surface area contributed by atoms with E-state index in [9.17, 15) is 0 Å². The van der Waals surface area contributed by atoms with Gasteiger partial charge in [0, 0.05) is 23.8 Å². The predicted octanol–water partition coefficient (Wildman–Crippen LogP) is 9.01. The smallest absolute Gasteiger partial charge is 0.141 e. The first-order chi connectivity index (χ1) is 18.7. The molecule has 0 saturated heterocycles. The summed E-state index contributed by atoms with van der Waals surface area (Å²) in [5.74, 6) is 4.14. The SMILES string of the molecule is Cc1ccn(-c2cccc(N(c3cccc(-n4ccc(C)c4C)n3)c3c(C(C)C)cccc3C(C)C)n2)c1C. The standard InChI is InChI=1S/C34H39N5/c1-22(2)28-12-9-13-29(23(3)4)34(28)39(32-16-10-14-30(35-32)37-20-18-24(5)26(37)7)33-17-11-15-31(36-33)38-21-19-25(6)27(38)8/h9-23H,1-8H3. The minimum absolute atomic E-state index is 0.330. The molecular weight excluding hydrogens is 478 g/mol. The summed E-state index contributed by atoms with van der Waals surface area (Å²) in [4.78, 5) is 12.7. The predicted molar refractivity (Wildman–Crippen MR) is 162 cm³/mol. The van der Waals surface area contributed by atoms with E-state index in [2.05, 4.69) is 149 Å². The molecule has 1 aromatic carbocycles. The van der Waals surface area contributed by atoms with Crippen LogP contribution in [0.15, 0.2) is 79.1 Å². The molecule has 0 aliphatic heterocycles. The zero-order valence-electron chi connectivity index (χ0n) is 24.4. The van der Waals surface area contributed by atoms with Gasteiger partial charge in [0.15, 0.2) is 0 Å². The number of para-hydroxylation sites is 1. The molecule has 0 spiro atoms. The fraction of sp³-hybridized carbons (Fsp3) is 0.294. The molecule has 0 fully saturated rings. The van der Waals surface area contributed by atoms with Gasteiger partial charge in [0.05, 0.1) is 5.69 Å². The van der Waals surface area contributed by atoms with Crippen molar-refractivity contribution < 1.29 is 0 Å². The average molecular weight is 518 g/mol. The summed E-state index contributed by atoms with van der Waals surface area (Å²) >= 11 is 0. The molecule has 39 heavy (non-hydrogen) atoms. The molecule has 5 rings (SSSR count). The van der Waals surface area contributed by atoms with E-state index in [4.69, 9.17) is 9.97 Å². The number of pyridine rings is 2. The molecule has 0 bridgehead atoms. The number of hydrogen-bond acceptors (Lipinski definition) is 3.